The number of aromatic nitrogens is 1. The third-order valence-corrected chi connectivity index (χ3v) is 5.97. The minimum atomic E-state index is -0.179. The summed E-state index contributed by atoms with van der Waals surface area (Å²) in [5, 5.41) is 23.1. The molecule has 0 aliphatic rings. The van der Waals surface area contributed by atoms with E-state index < -0.39 is 0 Å². The van der Waals surface area contributed by atoms with E-state index in [0.717, 1.165) is 33.2 Å². The highest BCUT2D eigenvalue weighted by atomic mass is 16.3. The molecule has 2 N–H and O–H groups in total. The minimum absolute atomic E-state index is 0.178. The molecule has 0 saturated heterocycles. The molecule has 3 nitrogen and oxygen atoms in total. The van der Waals surface area contributed by atoms with Crippen molar-refractivity contribution in [2.75, 3.05) is 0 Å². The Labute approximate surface area is 190 Å². The minimum Gasteiger partial charge on any atom is -0.507 e. The average Bonchev–Trinajstić information content (AvgIpc) is 2.72. The third-order valence-electron chi connectivity index (χ3n) is 5.97. The van der Waals surface area contributed by atoms with Crippen molar-refractivity contribution in [2.24, 2.45) is 0 Å². The van der Waals surface area contributed by atoms with Crippen LogP contribution in [0.5, 0.6) is 11.5 Å². The van der Waals surface area contributed by atoms with Crippen molar-refractivity contribution in [2.45, 2.75) is 52.4 Å². The van der Waals surface area contributed by atoms with Crippen LogP contribution in [0, 0.1) is 0 Å². The molecule has 0 bridgehead atoms. The second-order valence-electron chi connectivity index (χ2n) is 10.5. The van der Waals surface area contributed by atoms with Crippen molar-refractivity contribution in [3.05, 3.63) is 77.9 Å². The Bertz CT molecular complexity index is 1310. The summed E-state index contributed by atoms with van der Waals surface area (Å²) in [6.07, 6.45) is 0. The molecule has 0 amide bonds. The highest BCUT2D eigenvalue weighted by Gasteiger charge is 2.23. The third kappa shape index (κ3) is 3.84. The molecule has 4 rings (SSSR count). The number of hydrogen-bond acceptors (Lipinski definition) is 3. The second-order valence-corrected chi connectivity index (χ2v) is 10.5. The molecule has 0 aliphatic carbocycles. The van der Waals surface area contributed by atoms with Crippen LogP contribution in [-0.4, -0.2) is 15.2 Å². The Morgan fingerprint density at radius 2 is 1.06 bits per heavy atom. The van der Waals surface area contributed by atoms with Gasteiger partial charge in [-0.15, -0.1) is 0 Å². The molecular formula is C29H31NO2. The van der Waals surface area contributed by atoms with Gasteiger partial charge in [0, 0.05) is 22.1 Å². The van der Waals surface area contributed by atoms with Crippen molar-refractivity contribution >= 4 is 10.9 Å². The van der Waals surface area contributed by atoms with Crippen LogP contribution in [0.15, 0.2) is 66.7 Å². The molecule has 164 valence electrons. The Morgan fingerprint density at radius 3 is 1.66 bits per heavy atom. The van der Waals surface area contributed by atoms with Crippen LogP contribution >= 0.6 is 0 Å². The first-order valence-corrected chi connectivity index (χ1v) is 11.0. The number of nitrogens with zero attached hydrogens (tertiary/aromatic N) is 1. The summed E-state index contributed by atoms with van der Waals surface area (Å²) < 4.78 is 0. The number of phenolic OH excluding ortho intramolecular Hbond substituents is 2. The van der Waals surface area contributed by atoms with Crippen molar-refractivity contribution in [3.63, 3.8) is 0 Å². The van der Waals surface area contributed by atoms with E-state index in [-0.39, 0.29) is 22.3 Å². The number of phenols is 2. The predicted octanol–water partition coefficient (Wildman–Crippen LogP) is 7.58. The molecule has 0 radical (unpaired) electrons. The number of fused-ring (bicyclic) bond motifs is 1. The summed E-state index contributed by atoms with van der Waals surface area (Å²) in [5.74, 6) is 0.555. The van der Waals surface area contributed by atoms with E-state index >= 15 is 0 Å². The number of rotatable bonds is 2. The second kappa shape index (κ2) is 7.67. The molecule has 3 aromatic carbocycles. The number of aromatic hydroxyl groups is 2. The van der Waals surface area contributed by atoms with Crippen LogP contribution in [0.25, 0.3) is 33.3 Å². The molecule has 3 heteroatoms. The van der Waals surface area contributed by atoms with Gasteiger partial charge in [-0.3, -0.25) is 0 Å². The van der Waals surface area contributed by atoms with Gasteiger partial charge in [-0.05, 0) is 34.1 Å². The van der Waals surface area contributed by atoms with Gasteiger partial charge in [0.05, 0.1) is 11.2 Å². The monoisotopic (exact) mass is 425 g/mol. The summed E-state index contributed by atoms with van der Waals surface area (Å²) in [5.41, 5.74) is 5.29. The van der Waals surface area contributed by atoms with Gasteiger partial charge in [-0.1, -0.05) is 96.1 Å². The van der Waals surface area contributed by atoms with Crippen LogP contribution in [0.2, 0.25) is 0 Å². The van der Waals surface area contributed by atoms with Crippen molar-refractivity contribution in [1.29, 1.82) is 0 Å². The molecule has 32 heavy (non-hydrogen) atoms. The lowest BCUT2D eigenvalue weighted by Gasteiger charge is -2.22. The molecular weight excluding hydrogens is 394 g/mol. The molecule has 4 aromatic rings. The summed E-state index contributed by atoms with van der Waals surface area (Å²) in [6.45, 7) is 12.5. The lowest BCUT2D eigenvalue weighted by Crippen LogP contribution is -2.11. The molecule has 0 atom stereocenters. The van der Waals surface area contributed by atoms with E-state index in [4.69, 9.17) is 4.98 Å². The average molecular weight is 426 g/mol. The molecule has 1 aromatic heterocycles. The Morgan fingerprint density at radius 1 is 0.562 bits per heavy atom. The van der Waals surface area contributed by atoms with Crippen LogP contribution in [0.3, 0.4) is 0 Å². The van der Waals surface area contributed by atoms with Crippen LogP contribution < -0.4 is 0 Å². The summed E-state index contributed by atoms with van der Waals surface area (Å²) in [7, 11) is 0. The Balaban J connectivity index is 1.95. The fourth-order valence-corrected chi connectivity index (χ4v) is 4.24. The SMILES string of the molecule is CC(C)(C)c1cccc(-c2ccc3cccc(-c4cccc(C(C)(C)C)c4O)c3n2)c1O. The zero-order chi connectivity index (χ0) is 23.3. The zero-order valence-corrected chi connectivity index (χ0v) is 19.7. The highest BCUT2D eigenvalue weighted by molar-refractivity contribution is 5.96. The van der Waals surface area contributed by atoms with E-state index in [0.29, 0.717) is 11.3 Å². The van der Waals surface area contributed by atoms with E-state index in [9.17, 15) is 10.2 Å². The maximum absolute atomic E-state index is 11.1. The maximum Gasteiger partial charge on any atom is 0.128 e. The van der Waals surface area contributed by atoms with Gasteiger partial charge in [0.15, 0.2) is 0 Å². The van der Waals surface area contributed by atoms with E-state index in [1.54, 1.807) is 0 Å². The first-order valence-electron chi connectivity index (χ1n) is 11.0. The Hall–Kier alpha value is -3.33. The summed E-state index contributed by atoms with van der Waals surface area (Å²) in [4.78, 5) is 4.97. The van der Waals surface area contributed by atoms with Gasteiger partial charge in [0.1, 0.15) is 11.5 Å². The van der Waals surface area contributed by atoms with Crippen LogP contribution in [-0.2, 0) is 10.8 Å². The smallest absolute Gasteiger partial charge is 0.128 e. The largest absolute Gasteiger partial charge is 0.507 e. The van der Waals surface area contributed by atoms with E-state index in [1.807, 2.05) is 66.7 Å². The van der Waals surface area contributed by atoms with E-state index in [1.165, 1.54) is 0 Å². The number of para-hydroxylation sites is 3. The van der Waals surface area contributed by atoms with Crippen molar-refractivity contribution in [3.8, 4) is 33.9 Å². The van der Waals surface area contributed by atoms with Gasteiger partial charge in [-0.25, -0.2) is 4.98 Å². The fraction of sp³-hybridized carbons (Fsp3) is 0.276. The number of hydrogen-bond donors (Lipinski definition) is 2. The maximum atomic E-state index is 11.1. The molecule has 1 heterocycles. The van der Waals surface area contributed by atoms with Crippen LogP contribution in [0.4, 0.5) is 0 Å². The van der Waals surface area contributed by atoms with Gasteiger partial charge in [-0.2, -0.15) is 0 Å². The molecule has 0 aliphatic heterocycles. The van der Waals surface area contributed by atoms with Crippen molar-refractivity contribution < 1.29 is 10.2 Å². The predicted molar refractivity (Wildman–Crippen MR) is 133 cm³/mol. The van der Waals surface area contributed by atoms with Crippen molar-refractivity contribution in [1.82, 2.24) is 4.98 Å². The summed E-state index contributed by atoms with van der Waals surface area (Å²) >= 11 is 0. The topological polar surface area (TPSA) is 53.4 Å². The molecule has 0 saturated carbocycles. The molecule has 0 unspecified atom stereocenters. The van der Waals surface area contributed by atoms with Gasteiger partial charge in [0.25, 0.3) is 0 Å². The molecule has 0 fully saturated rings. The molecule has 0 spiro atoms. The quantitative estimate of drug-likeness (QED) is 0.348. The normalized spacial score (nSPS) is 12.3. The zero-order valence-electron chi connectivity index (χ0n) is 19.7. The first-order chi connectivity index (χ1) is 15.0. The lowest BCUT2D eigenvalue weighted by atomic mass is 9.84. The van der Waals surface area contributed by atoms with E-state index in [2.05, 4.69) is 41.5 Å². The first kappa shape index (κ1) is 21.9. The lowest BCUT2D eigenvalue weighted by molar-refractivity contribution is 0.448. The van der Waals surface area contributed by atoms with Gasteiger partial charge >= 0.3 is 0 Å². The van der Waals surface area contributed by atoms with Crippen LogP contribution in [0.1, 0.15) is 52.7 Å². The van der Waals surface area contributed by atoms with Gasteiger partial charge in [0.2, 0.25) is 0 Å². The summed E-state index contributed by atoms with van der Waals surface area (Å²) in [6, 6.07) is 21.7. The standard InChI is InChI=1S/C29H31NO2/c1-28(2,3)22-14-8-12-20(26(22)31)19-11-7-10-18-16-17-24(30-25(18)19)21-13-9-15-23(27(21)32)29(4,5)6/h7-17,31-32H,1-6H3. The highest BCUT2D eigenvalue weighted by Crippen LogP contribution is 2.42. The number of benzene rings is 3. The Kier molecular flexibility index (Phi) is 5.24. The fourth-order valence-electron chi connectivity index (χ4n) is 4.24. The van der Waals surface area contributed by atoms with Gasteiger partial charge < -0.3 is 10.2 Å². The number of pyridine rings is 1.